The standard InChI is InChI=1S/C16H27O4PS6/c1-13(2)15(17)24-9-5-22-7-11-26-21(19,20)27-12-8-23-6-10-25-16(18)14(3)4/h1,3,5-12H2,2,4H3,(H,19,20). The molecule has 0 aliphatic carbocycles. The summed E-state index contributed by atoms with van der Waals surface area (Å²) in [6.07, 6.45) is 0. The monoisotopic (exact) mass is 506 g/mol. The van der Waals surface area contributed by atoms with Crippen LogP contribution in [0.15, 0.2) is 24.3 Å². The van der Waals surface area contributed by atoms with Crippen molar-refractivity contribution < 1.29 is 19.0 Å². The lowest BCUT2D eigenvalue weighted by Crippen LogP contribution is -1.96. The fraction of sp³-hybridized carbons (Fsp3) is 0.625. The van der Waals surface area contributed by atoms with Gasteiger partial charge in [0, 0.05) is 46.0 Å². The Morgan fingerprint density at radius 1 is 0.741 bits per heavy atom. The number of rotatable bonds is 16. The van der Waals surface area contributed by atoms with E-state index in [0.29, 0.717) is 22.7 Å². The first-order chi connectivity index (χ1) is 12.7. The summed E-state index contributed by atoms with van der Waals surface area (Å²) >= 11 is 8.15. The Kier molecular flexibility index (Phi) is 17.6. The second-order valence-corrected chi connectivity index (χ2v) is 17.3. The quantitative estimate of drug-likeness (QED) is 0.160. The van der Waals surface area contributed by atoms with Crippen LogP contribution in [0.2, 0.25) is 0 Å². The zero-order valence-corrected chi connectivity index (χ0v) is 21.4. The Morgan fingerprint density at radius 3 is 1.41 bits per heavy atom. The third-order valence-corrected chi connectivity index (χ3v) is 14.0. The minimum atomic E-state index is -3.20. The van der Waals surface area contributed by atoms with Crippen molar-refractivity contribution >= 4 is 85.8 Å². The number of carbonyl (C=O) groups excluding carboxylic acids is 2. The minimum absolute atomic E-state index is 0.0279. The molecule has 0 aromatic rings. The minimum Gasteiger partial charge on any atom is -0.329 e. The average Bonchev–Trinajstić information content (AvgIpc) is 2.59. The molecule has 0 aliphatic heterocycles. The molecule has 0 saturated carbocycles. The summed E-state index contributed by atoms with van der Waals surface area (Å²) in [4.78, 5) is 32.7. The molecule has 0 radical (unpaired) electrons. The highest BCUT2D eigenvalue weighted by molar-refractivity contribution is 8.89. The second-order valence-electron chi connectivity index (χ2n) is 5.19. The van der Waals surface area contributed by atoms with Gasteiger partial charge in [-0.3, -0.25) is 14.2 Å². The fourth-order valence-electron chi connectivity index (χ4n) is 1.30. The highest BCUT2D eigenvalue weighted by atomic mass is 33.1. The largest absolute Gasteiger partial charge is 0.329 e. The van der Waals surface area contributed by atoms with Crippen molar-refractivity contribution in [3.8, 4) is 0 Å². The maximum atomic E-state index is 12.1. The lowest BCUT2D eigenvalue weighted by Gasteiger charge is -2.10. The van der Waals surface area contributed by atoms with Crippen LogP contribution < -0.4 is 0 Å². The predicted octanol–water partition coefficient (Wildman–Crippen LogP) is 5.69. The van der Waals surface area contributed by atoms with E-state index in [9.17, 15) is 19.0 Å². The summed E-state index contributed by atoms with van der Waals surface area (Å²) in [5.74, 6) is 2.79. The van der Waals surface area contributed by atoms with E-state index >= 15 is 0 Å². The van der Waals surface area contributed by atoms with E-state index in [2.05, 4.69) is 13.2 Å². The number of thioether (sulfide) groups is 4. The van der Waals surface area contributed by atoms with E-state index in [1.54, 1.807) is 37.4 Å². The van der Waals surface area contributed by atoms with Crippen molar-refractivity contribution in [1.29, 1.82) is 0 Å². The van der Waals surface area contributed by atoms with Gasteiger partial charge in [0.2, 0.25) is 10.2 Å². The zero-order chi connectivity index (χ0) is 20.7. The Bertz CT molecular complexity index is 511. The molecule has 4 nitrogen and oxygen atoms in total. The molecule has 156 valence electrons. The second kappa shape index (κ2) is 16.9. The summed E-state index contributed by atoms with van der Waals surface area (Å²) in [5, 5.41) is 0.0558. The number of hydrogen-bond acceptors (Lipinski definition) is 9. The van der Waals surface area contributed by atoms with Gasteiger partial charge in [0.1, 0.15) is 0 Å². The van der Waals surface area contributed by atoms with Gasteiger partial charge in [-0.25, -0.2) is 0 Å². The first kappa shape index (κ1) is 28.1. The molecule has 0 aromatic heterocycles. The van der Waals surface area contributed by atoms with Gasteiger partial charge in [-0.2, -0.15) is 23.5 Å². The number of hydrogen-bond donors (Lipinski definition) is 1. The van der Waals surface area contributed by atoms with Crippen LogP contribution in [0.5, 0.6) is 0 Å². The molecule has 0 aliphatic rings. The summed E-state index contributed by atoms with van der Waals surface area (Å²) in [7, 11) is 0. The lowest BCUT2D eigenvalue weighted by molar-refractivity contribution is -0.108. The molecule has 0 fully saturated rings. The van der Waals surface area contributed by atoms with Crippen LogP contribution in [-0.2, 0) is 14.2 Å². The van der Waals surface area contributed by atoms with Crippen molar-refractivity contribution in [3.63, 3.8) is 0 Å². The first-order valence-corrected chi connectivity index (χ1v) is 17.2. The summed E-state index contributed by atoms with van der Waals surface area (Å²) in [6.45, 7) is 10.6. The van der Waals surface area contributed by atoms with E-state index < -0.39 is 5.77 Å². The van der Waals surface area contributed by atoms with Crippen LogP contribution in [0.25, 0.3) is 0 Å². The van der Waals surface area contributed by atoms with E-state index in [-0.39, 0.29) is 10.2 Å². The van der Waals surface area contributed by atoms with Crippen LogP contribution in [0, 0.1) is 0 Å². The molecule has 0 rings (SSSR count). The zero-order valence-electron chi connectivity index (χ0n) is 15.6. The van der Waals surface area contributed by atoms with Crippen LogP contribution in [0.3, 0.4) is 0 Å². The smallest absolute Gasteiger partial charge is 0.310 e. The topological polar surface area (TPSA) is 71.4 Å². The molecule has 11 heteroatoms. The highest BCUT2D eigenvalue weighted by Gasteiger charge is 2.19. The third-order valence-electron chi connectivity index (χ3n) is 2.58. The maximum absolute atomic E-state index is 12.1. The SMILES string of the molecule is C=C(C)C(=O)SCCSCCSP(=O)(O)SCCSCCSC(=O)C(=C)C. The molecule has 0 amide bonds. The van der Waals surface area contributed by atoms with Gasteiger partial charge in [-0.05, 0) is 25.0 Å². The number of carbonyl (C=O) groups is 2. The molecule has 0 aromatic carbocycles. The molecule has 27 heavy (non-hydrogen) atoms. The summed E-state index contributed by atoms with van der Waals surface area (Å²) < 4.78 is 12.1. The van der Waals surface area contributed by atoms with Gasteiger partial charge < -0.3 is 4.89 Å². The highest BCUT2D eigenvalue weighted by Crippen LogP contribution is 2.65. The van der Waals surface area contributed by atoms with Crippen molar-refractivity contribution in [3.05, 3.63) is 24.3 Å². The van der Waals surface area contributed by atoms with Gasteiger partial charge in [-0.1, -0.05) is 59.4 Å². The Morgan fingerprint density at radius 2 is 1.07 bits per heavy atom. The Hall–Kier alpha value is 1.11. The molecule has 0 saturated heterocycles. The van der Waals surface area contributed by atoms with Crippen molar-refractivity contribution in [2.24, 2.45) is 0 Å². The molecule has 0 unspecified atom stereocenters. The molecule has 0 spiro atoms. The molecule has 1 N–H and O–H groups in total. The molecule has 0 bridgehead atoms. The average molecular weight is 507 g/mol. The van der Waals surface area contributed by atoms with Gasteiger partial charge in [0.05, 0.1) is 0 Å². The molecule has 0 atom stereocenters. The molecular formula is C16H27O4PS6. The Balaban J connectivity index is 3.57. The predicted molar refractivity (Wildman–Crippen MR) is 134 cm³/mol. The van der Waals surface area contributed by atoms with E-state index in [1.807, 2.05) is 0 Å². The van der Waals surface area contributed by atoms with Gasteiger partial charge in [-0.15, -0.1) is 0 Å². The van der Waals surface area contributed by atoms with Crippen LogP contribution in [-0.4, -0.2) is 61.1 Å². The van der Waals surface area contributed by atoms with Crippen molar-refractivity contribution in [1.82, 2.24) is 0 Å². The van der Waals surface area contributed by atoms with Gasteiger partial charge in [0.15, 0.2) is 0 Å². The van der Waals surface area contributed by atoms with Crippen LogP contribution >= 0.6 is 75.6 Å². The van der Waals surface area contributed by atoms with Crippen molar-refractivity contribution in [2.45, 2.75) is 13.8 Å². The van der Waals surface area contributed by atoms with E-state index in [4.69, 9.17) is 0 Å². The van der Waals surface area contributed by atoms with E-state index in [0.717, 1.165) is 57.3 Å². The van der Waals surface area contributed by atoms with E-state index in [1.165, 1.54) is 23.5 Å². The fourth-order valence-corrected chi connectivity index (χ4v) is 11.2. The molecule has 0 heterocycles. The maximum Gasteiger partial charge on any atom is 0.310 e. The first-order valence-electron chi connectivity index (χ1n) is 8.08. The third kappa shape index (κ3) is 17.7. The van der Waals surface area contributed by atoms with Crippen LogP contribution in [0.1, 0.15) is 13.8 Å². The van der Waals surface area contributed by atoms with Crippen LogP contribution in [0.4, 0.5) is 0 Å². The van der Waals surface area contributed by atoms with Gasteiger partial charge >= 0.3 is 5.77 Å². The molecular weight excluding hydrogens is 480 g/mol. The lowest BCUT2D eigenvalue weighted by atomic mass is 10.4. The van der Waals surface area contributed by atoms with Gasteiger partial charge in [0.25, 0.3) is 0 Å². The normalized spacial score (nSPS) is 11.4. The Labute approximate surface area is 188 Å². The summed E-state index contributed by atoms with van der Waals surface area (Å²) in [5.41, 5.74) is 1.13. The van der Waals surface area contributed by atoms with Crippen molar-refractivity contribution in [2.75, 3.05) is 46.0 Å². The summed E-state index contributed by atoms with van der Waals surface area (Å²) in [6, 6.07) is 0.